The van der Waals surface area contributed by atoms with Crippen molar-refractivity contribution in [2.45, 2.75) is 51.7 Å². The maximum absolute atomic E-state index is 14.5. The number of ether oxygens (including phenoxy) is 2. The van der Waals surface area contributed by atoms with Crippen molar-refractivity contribution in [1.82, 2.24) is 29.3 Å². The number of rotatable bonds is 3. The Labute approximate surface area is 179 Å². The molecule has 0 spiro atoms. The van der Waals surface area contributed by atoms with Gasteiger partial charge in [-0.15, -0.1) is 0 Å². The molecule has 1 fully saturated rings. The summed E-state index contributed by atoms with van der Waals surface area (Å²) in [5.41, 5.74) is 0.374. The SMILES string of the molecule is Cn1cc(-c2cn3ncc(F)c3c(OC3(C)CCN(C(=O)OC(C)(C)C)CC3)n2)cn1. The number of piperidine rings is 1. The maximum Gasteiger partial charge on any atom is 0.410 e. The van der Waals surface area contributed by atoms with E-state index in [0.717, 1.165) is 11.8 Å². The Bertz CT molecular complexity index is 1110. The first-order chi connectivity index (χ1) is 14.5. The summed E-state index contributed by atoms with van der Waals surface area (Å²) in [6, 6.07) is 0. The van der Waals surface area contributed by atoms with Crippen LogP contribution in [0.5, 0.6) is 5.88 Å². The van der Waals surface area contributed by atoms with Crippen LogP contribution in [0, 0.1) is 5.82 Å². The Morgan fingerprint density at radius 3 is 2.48 bits per heavy atom. The molecule has 166 valence electrons. The van der Waals surface area contributed by atoms with Gasteiger partial charge in [-0.2, -0.15) is 10.2 Å². The van der Waals surface area contributed by atoms with Crippen LogP contribution >= 0.6 is 0 Å². The molecule has 0 atom stereocenters. The largest absolute Gasteiger partial charge is 0.470 e. The number of aromatic nitrogens is 5. The van der Waals surface area contributed by atoms with Crippen LogP contribution in [0.4, 0.5) is 9.18 Å². The van der Waals surface area contributed by atoms with E-state index < -0.39 is 17.0 Å². The van der Waals surface area contributed by atoms with Crippen molar-refractivity contribution < 1.29 is 18.7 Å². The highest BCUT2D eigenvalue weighted by Crippen LogP contribution is 2.33. The number of hydrogen-bond acceptors (Lipinski definition) is 6. The predicted octanol–water partition coefficient (Wildman–Crippen LogP) is 3.44. The summed E-state index contributed by atoms with van der Waals surface area (Å²) in [5, 5.41) is 8.25. The summed E-state index contributed by atoms with van der Waals surface area (Å²) < 4.78 is 29.3. The minimum absolute atomic E-state index is 0.171. The summed E-state index contributed by atoms with van der Waals surface area (Å²) in [5.74, 6) is -0.334. The molecule has 10 heteroatoms. The van der Waals surface area contributed by atoms with Crippen LogP contribution in [0.25, 0.3) is 16.8 Å². The van der Waals surface area contributed by atoms with Gasteiger partial charge in [-0.3, -0.25) is 4.68 Å². The molecular weight excluding hydrogens is 403 g/mol. The number of amides is 1. The molecule has 4 heterocycles. The Kier molecular flexibility index (Phi) is 5.10. The first-order valence-corrected chi connectivity index (χ1v) is 10.2. The monoisotopic (exact) mass is 430 g/mol. The third-order valence-corrected chi connectivity index (χ3v) is 5.24. The highest BCUT2D eigenvalue weighted by Gasteiger charge is 2.36. The lowest BCUT2D eigenvalue weighted by atomic mass is 9.93. The standard InChI is InChI=1S/C21H27FN6O3/c1-20(2,3)31-19(29)27-8-6-21(4,7-9-27)30-18-17-15(22)11-24-28(17)13-16(25-18)14-10-23-26(5)12-14/h10-13H,6-9H2,1-5H3. The molecule has 0 radical (unpaired) electrons. The molecule has 0 bridgehead atoms. The molecule has 0 unspecified atom stereocenters. The van der Waals surface area contributed by atoms with Crippen molar-refractivity contribution in [3.63, 3.8) is 0 Å². The minimum atomic E-state index is -0.615. The zero-order valence-corrected chi connectivity index (χ0v) is 18.4. The summed E-state index contributed by atoms with van der Waals surface area (Å²) in [7, 11) is 1.81. The molecule has 1 saturated heterocycles. The van der Waals surface area contributed by atoms with E-state index in [9.17, 15) is 9.18 Å². The Hall–Kier alpha value is -3.17. The molecule has 1 aliphatic heterocycles. The first kappa shape index (κ1) is 21.1. The molecular formula is C21H27FN6O3. The van der Waals surface area contributed by atoms with Crippen molar-refractivity contribution >= 4 is 11.6 Å². The van der Waals surface area contributed by atoms with Crippen LogP contribution in [0.1, 0.15) is 40.5 Å². The van der Waals surface area contributed by atoms with Crippen molar-refractivity contribution in [3.8, 4) is 17.1 Å². The molecule has 9 nitrogen and oxygen atoms in total. The second kappa shape index (κ2) is 7.51. The molecule has 0 N–H and O–H groups in total. The van der Waals surface area contributed by atoms with Crippen LogP contribution < -0.4 is 4.74 Å². The van der Waals surface area contributed by atoms with Crippen molar-refractivity contribution in [1.29, 1.82) is 0 Å². The normalized spacial score (nSPS) is 16.5. The summed E-state index contributed by atoms with van der Waals surface area (Å²) in [6.07, 6.45) is 7.08. The van der Waals surface area contributed by atoms with Crippen LogP contribution in [-0.4, -0.2) is 59.7 Å². The van der Waals surface area contributed by atoms with Crippen LogP contribution in [0.3, 0.4) is 0 Å². The van der Waals surface area contributed by atoms with Crippen molar-refractivity contribution in [2.24, 2.45) is 7.05 Å². The van der Waals surface area contributed by atoms with E-state index in [1.807, 2.05) is 40.9 Å². The second-order valence-corrected chi connectivity index (χ2v) is 9.14. The zero-order chi connectivity index (χ0) is 22.4. The van der Waals surface area contributed by atoms with Gasteiger partial charge >= 0.3 is 6.09 Å². The smallest absolute Gasteiger partial charge is 0.410 e. The quantitative estimate of drug-likeness (QED) is 0.633. The van der Waals surface area contributed by atoms with E-state index in [1.54, 1.807) is 22.0 Å². The number of carbonyl (C=O) groups is 1. The Morgan fingerprint density at radius 1 is 1.16 bits per heavy atom. The van der Waals surface area contributed by atoms with Gasteiger partial charge in [0.1, 0.15) is 11.2 Å². The van der Waals surface area contributed by atoms with E-state index in [0.29, 0.717) is 31.6 Å². The van der Waals surface area contributed by atoms with Crippen molar-refractivity contribution in [2.75, 3.05) is 13.1 Å². The fourth-order valence-corrected chi connectivity index (χ4v) is 3.53. The molecule has 0 aliphatic carbocycles. The lowest BCUT2D eigenvalue weighted by molar-refractivity contribution is -0.0109. The maximum atomic E-state index is 14.5. The predicted molar refractivity (Wildman–Crippen MR) is 111 cm³/mol. The fourth-order valence-electron chi connectivity index (χ4n) is 3.53. The van der Waals surface area contributed by atoms with Gasteiger partial charge in [0, 0.05) is 44.7 Å². The summed E-state index contributed by atoms with van der Waals surface area (Å²) in [6.45, 7) is 8.43. The van der Waals surface area contributed by atoms with E-state index in [1.165, 1.54) is 4.52 Å². The highest BCUT2D eigenvalue weighted by molar-refractivity contribution is 5.68. The lowest BCUT2D eigenvalue weighted by Gasteiger charge is -2.39. The van der Waals surface area contributed by atoms with Gasteiger partial charge in [-0.1, -0.05) is 0 Å². The fraction of sp³-hybridized carbons (Fsp3) is 0.524. The van der Waals surface area contributed by atoms with Gasteiger partial charge in [0.2, 0.25) is 5.88 Å². The third-order valence-electron chi connectivity index (χ3n) is 5.24. The first-order valence-electron chi connectivity index (χ1n) is 10.2. The van der Waals surface area contributed by atoms with E-state index >= 15 is 0 Å². The number of likely N-dealkylation sites (tertiary alicyclic amines) is 1. The van der Waals surface area contributed by atoms with Crippen LogP contribution in [0.15, 0.2) is 24.8 Å². The minimum Gasteiger partial charge on any atom is -0.470 e. The number of carbonyl (C=O) groups excluding carboxylic acids is 1. The van der Waals surface area contributed by atoms with Crippen LogP contribution in [-0.2, 0) is 11.8 Å². The molecule has 3 aromatic rings. The topological polar surface area (TPSA) is 86.8 Å². The average molecular weight is 430 g/mol. The number of aryl methyl sites for hydroxylation is 1. The third kappa shape index (κ3) is 4.47. The molecule has 4 rings (SSSR count). The molecule has 0 aromatic carbocycles. The summed E-state index contributed by atoms with van der Waals surface area (Å²) in [4.78, 5) is 18.6. The molecule has 1 amide bonds. The average Bonchev–Trinajstić information content (AvgIpc) is 3.26. The number of halogens is 1. The molecule has 3 aromatic heterocycles. The van der Waals surface area contributed by atoms with Gasteiger partial charge in [-0.25, -0.2) is 18.7 Å². The van der Waals surface area contributed by atoms with Gasteiger partial charge in [0.15, 0.2) is 11.3 Å². The van der Waals surface area contributed by atoms with Crippen LogP contribution in [0.2, 0.25) is 0 Å². The number of fused-ring (bicyclic) bond motifs is 1. The molecule has 1 aliphatic rings. The highest BCUT2D eigenvalue weighted by atomic mass is 19.1. The van der Waals surface area contributed by atoms with Gasteiger partial charge in [0.05, 0.1) is 24.3 Å². The second-order valence-electron chi connectivity index (χ2n) is 9.14. The van der Waals surface area contributed by atoms with Gasteiger partial charge in [0.25, 0.3) is 0 Å². The Balaban J connectivity index is 1.57. The van der Waals surface area contributed by atoms with Crippen molar-refractivity contribution in [3.05, 3.63) is 30.6 Å². The van der Waals surface area contributed by atoms with Gasteiger partial charge in [-0.05, 0) is 27.7 Å². The molecule has 0 saturated carbocycles. The lowest BCUT2D eigenvalue weighted by Crippen LogP contribution is -2.49. The van der Waals surface area contributed by atoms with E-state index in [-0.39, 0.29) is 17.5 Å². The number of nitrogens with zero attached hydrogens (tertiary/aromatic N) is 6. The molecule has 31 heavy (non-hydrogen) atoms. The van der Waals surface area contributed by atoms with E-state index in [4.69, 9.17) is 9.47 Å². The summed E-state index contributed by atoms with van der Waals surface area (Å²) >= 11 is 0. The van der Waals surface area contributed by atoms with E-state index in [2.05, 4.69) is 15.2 Å². The zero-order valence-electron chi connectivity index (χ0n) is 18.4. The number of hydrogen-bond donors (Lipinski definition) is 0. The Morgan fingerprint density at radius 2 is 1.87 bits per heavy atom. The van der Waals surface area contributed by atoms with Gasteiger partial charge < -0.3 is 14.4 Å².